The molecular weight excluding hydrogens is 316 g/mol. The number of carbonyl (C=O) groups excluding carboxylic acids is 1. The van der Waals surface area contributed by atoms with E-state index in [-0.39, 0.29) is 5.91 Å². The molecule has 4 aromatic rings. The summed E-state index contributed by atoms with van der Waals surface area (Å²) in [6.07, 6.45) is 1.66. The number of hydrogen-bond donors (Lipinski definition) is 0. The van der Waals surface area contributed by atoms with Gasteiger partial charge < -0.3 is 4.57 Å². The van der Waals surface area contributed by atoms with E-state index in [9.17, 15) is 4.79 Å². The third kappa shape index (κ3) is 2.13. The van der Waals surface area contributed by atoms with Crippen molar-refractivity contribution in [3.63, 3.8) is 0 Å². The van der Waals surface area contributed by atoms with Gasteiger partial charge in [0, 0.05) is 13.1 Å². The van der Waals surface area contributed by atoms with Crippen LogP contribution in [0.15, 0.2) is 60.8 Å². The minimum atomic E-state index is -0.184. The fraction of sp³-hybridized carbons (Fsp3) is 0.111. The van der Waals surface area contributed by atoms with E-state index in [0.29, 0.717) is 18.2 Å². The van der Waals surface area contributed by atoms with Crippen molar-refractivity contribution in [2.75, 3.05) is 11.4 Å². The van der Waals surface area contributed by atoms with Gasteiger partial charge in [-0.3, -0.25) is 9.69 Å². The summed E-state index contributed by atoms with van der Waals surface area (Å²) in [7, 11) is 0. The molecule has 0 N–H and O–H groups in total. The minimum absolute atomic E-state index is 0.184. The molecule has 7 nitrogen and oxygen atoms in total. The van der Waals surface area contributed by atoms with Crippen molar-refractivity contribution in [2.45, 2.75) is 6.54 Å². The van der Waals surface area contributed by atoms with Gasteiger partial charge in [0.2, 0.25) is 5.95 Å². The zero-order valence-corrected chi connectivity index (χ0v) is 13.3. The molecule has 2 aromatic heterocycles. The molecular formula is C18H14N6O. The Labute approximate surface area is 143 Å². The quantitative estimate of drug-likeness (QED) is 0.565. The fourth-order valence-corrected chi connectivity index (χ4v) is 3.19. The number of benzene rings is 2. The van der Waals surface area contributed by atoms with Gasteiger partial charge in [-0.05, 0) is 24.3 Å². The standard InChI is InChI=1S/C18H14N6O/c25-17(15-12-24(21-20-15)13-6-2-1-3-7-13)23-11-10-22-16-9-5-4-8-14(16)19-18(22)23/h1-9,12H,10-11H2. The van der Waals surface area contributed by atoms with Gasteiger partial charge in [0.1, 0.15) is 0 Å². The van der Waals surface area contributed by atoms with Crippen LogP contribution in [-0.4, -0.2) is 37.0 Å². The number of anilines is 1. The van der Waals surface area contributed by atoms with Crippen LogP contribution in [0.1, 0.15) is 10.5 Å². The van der Waals surface area contributed by atoms with Crippen molar-refractivity contribution in [1.82, 2.24) is 24.5 Å². The van der Waals surface area contributed by atoms with Gasteiger partial charge in [0.25, 0.3) is 5.91 Å². The number of rotatable bonds is 2. The second kappa shape index (κ2) is 5.27. The fourth-order valence-electron chi connectivity index (χ4n) is 3.19. The van der Waals surface area contributed by atoms with Gasteiger partial charge in [-0.2, -0.15) is 0 Å². The molecule has 0 unspecified atom stereocenters. The Kier molecular flexibility index (Phi) is 2.93. The van der Waals surface area contributed by atoms with Gasteiger partial charge in [0.15, 0.2) is 5.69 Å². The predicted molar refractivity (Wildman–Crippen MR) is 92.8 cm³/mol. The Hall–Kier alpha value is -3.48. The van der Waals surface area contributed by atoms with E-state index in [1.165, 1.54) is 0 Å². The summed E-state index contributed by atoms with van der Waals surface area (Å²) in [5.41, 5.74) is 3.11. The number of hydrogen-bond acceptors (Lipinski definition) is 4. The molecule has 0 aliphatic carbocycles. The average Bonchev–Trinajstić information content (AvgIpc) is 3.37. The van der Waals surface area contributed by atoms with E-state index >= 15 is 0 Å². The topological polar surface area (TPSA) is 68.8 Å². The van der Waals surface area contributed by atoms with E-state index in [1.807, 2.05) is 54.6 Å². The van der Waals surface area contributed by atoms with Gasteiger partial charge in [-0.1, -0.05) is 35.5 Å². The van der Waals surface area contributed by atoms with Crippen LogP contribution in [0.5, 0.6) is 0 Å². The lowest BCUT2D eigenvalue weighted by molar-refractivity contribution is 0.0984. The number of carbonyl (C=O) groups is 1. The molecule has 0 fully saturated rings. The molecule has 1 amide bonds. The highest BCUT2D eigenvalue weighted by Gasteiger charge is 2.30. The average molecular weight is 330 g/mol. The van der Waals surface area contributed by atoms with Crippen LogP contribution in [0.25, 0.3) is 16.7 Å². The molecule has 0 saturated carbocycles. The predicted octanol–water partition coefficient (Wildman–Crippen LogP) is 2.28. The zero-order valence-electron chi connectivity index (χ0n) is 13.3. The second-order valence-electron chi connectivity index (χ2n) is 5.89. The number of imidazole rings is 1. The van der Waals surface area contributed by atoms with E-state index in [1.54, 1.807) is 15.8 Å². The van der Waals surface area contributed by atoms with E-state index in [2.05, 4.69) is 19.9 Å². The van der Waals surface area contributed by atoms with Gasteiger partial charge in [-0.25, -0.2) is 9.67 Å². The molecule has 0 spiro atoms. The lowest BCUT2D eigenvalue weighted by Gasteiger charge is -2.11. The van der Waals surface area contributed by atoms with Crippen LogP contribution < -0.4 is 4.90 Å². The van der Waals surface area contributed by atoms with Crippen LogP contribution in [0.3, 0.4) is 0 Å². The largest absolute Gasteiger partial charge is 0.308 e. The summed E-state index contributed by atoms with van der Waals surface area (Å²) in [6.45, 7) is 1.32. The van der Waals surface area contributed by atoms with Crippen molar-refractivity contribution in [3.05, 3.63) is 66.5 Å². The maximum atomic E-state index is 12.9. The molecule has 122 valence electrons. The Morgan fingerprint density at radius 3 is 2.64 bits per heavy atom. The van der Waals surface area contributed by atoms with Crippen molar-refractivity contribution in [2.24, 2.45) is 0 Å². The summed E-state index contributed by atoms with van der Waals surface area (Å²) >= 11 is 0. The van der Waals surface area contributed by atoms with Crippen LogP contribution in [0.4, 0.5) is 5.95 Å². The number of fused-ring (bicyclic) bond motifs is 3. The number of amides is 1. The third-order valence-corrected chi connectivity index (χ3v) is 4.40. The minimum Gasteiger partial charge on any atom is -0.308 e. The molecule has 0 atom stereocenters. The molecule has 1 aliphatic rings. The SMILES string of the molecule is O=C(c1cn(-c2ccccc2)nn1)N1CCn2c1nc1ccccc12. The first-order valence-corrected chi connectivity index (χ1v) is 8.06. The first-order chi connectivity index (χ1) is 12.3. The number of aromatic nitrogens is 5. The maximum Gasteiger partial charge on any atom is 0.282 e. The van der Waals surface area contributed by atoms with Crippen LogP contribution >= 0.6 is 0 Å². The van der Waals surface area contributed by atoms with Crippen molar-refractivity contribution >= 4 is 22.9 Å². The summed E-state index contributed by atoms with van der Waals surface area (Å²) in [5.74, 6) is 0.483. The number of para-hydroxylation sites is 3. The highest BCUT2D eigenvalue weighted by Crippen LogP contribution is 2.28. The lowest BCUT2D eigenvalue weighted by atomic mass is 10.3. The summed E-state index contributed by atoms with van der Waals surface area (Å²) in [4.78, 5) is 19.2. The van der Waals surface area contributed by atoms with Crippen LogP contribution in [-0.2, 0) is 6.54 Å². The summed E-state index contributed by atoms with van der Waals surface area (Å²) < 4.78 is 3.67. The first kappa shape index (κ1) is 13.9. The van der Waals surface area contributed by atoms with E-state index < -0.39 is 0 Å². The molecule has 0 bridgehead atoms. The maximum absolute atomic E-state index is 12.9. The van der Waals surface area contributed by atoms with E-state index in [0.717, 1.165) is 23.3 Å². The van der Waals surface area contributed by atoms with Crippen LogP contribution in [0.2, 0.25) is 0 Å². The van der Waals surface area contributed by atoms with Gasteiger partial charge >= 0.3 is 0 Å². The summed E-state index contributed by atoms with van der Waals surface area (Å²) in [5, 5.41) is 8.12. The molecule has 7 heteroatoms. The highest BCUT2D eigenvalue weighted by molar-refractivity contribution is 6.05. The number of nitrogens with zero attached hydrogens (tertiary/aromatic N) is 6. The zero-order chi connectivity index (χ0) is 16.8. The Morgan fingerprint density at radius 1 is 0.960 bits per heavy atom. The molecule has 0 saturated heterocycles. The highest BCUT2D eigenvalue weighted by atomic mass is 16.2. The van der Waals surface area contributed by atoms with Crippen molar-refractivity contribution in [1.29, 1.82) is 0 Å². The molecule has 0 radical (unpaired) electrons. The van der Waals surface area contributed by atoms with E-state index in [4.69, 9.17) is 0 Å². The van der Waals surface area contributed by atoms with Gasteiger partial charge in [0.05, 0.1) is 22.9 Å². The molecule has 25 heavy (non-hydrogen) atoms. The first-order valence-electron chi connectivity index (χ1n) is 8.06. The summed E-state index contributed by atoms with van der Waals surface area (Å²) in [6, 6.07) is 17.5. The Balaban J connectivity index is 1.50. The smallest absolute Gasteiger partial charge is 0.282 e. The molecule has 1 aliphatic heterocycles. The monoisotopic (exact) mass is 330 g/mol. The second-order valence-corrected chi connectivity index (χ2v) is 5.89. The lowest BCUT2D eigenvalue weighted by Crippen LogP contribution is -2.29. The molecule has 2 aromatic carbocycles. The normalized spacial score (nSPS) is 13.4. The van der Waals surface area contributed by atoms with Crippen molar-refractivity contribution < 1.29 is 4.79 Å². The van der Waals surface area contributed by atoms with Crippen LogP contribution in [0, 0.1) is 0 Å². The molecule has 5 rings (SSSR count). The third-order valence-electron chi connectivity index (χ3n) is 4.40. The molecule has 3 heterocycles. The Morgan fingerprint density at radius 2 is 1.76 bits per heavy atom. The van der Waals surface area contributed by atoms with Gasteiger partial charge in [-0.15, -0.1) is 5.10 Å². The van der Waals surface area contributed by atoms with Crippen molar-refractivity contribution in [3.8, 4) is 5.69 Å². The Bertz CT molecular complexity index is 1080.